The molecule has 0 amide bonds. The van der Waals surface area contributed by atoms with Gasteiger partial charge in [0.15, 0.2) is 0 Å². The second-order valence-corrected chi connectivity index (χ2v) is 7.01. The molecular weight excluding hydrogens is 282 g/mol. The van der Waals surface area contributed by atoms with Crippen molar-refractivity contribution in [3.63, 3.8) is 0 Å². The van der Waals surface area contributed by atoms with Crippen LogP contribution in [0.4, 0.5) is 5.69 Å². The third-order valence-corrected chi connectivity index (χ3v) is 4.68. The Hall–Kier alpha value is -0.770. The molecule has 0 bridgehead atoms. The summed E-state index contributed by atoms with van der Waals surface area (Å²) in [5.41, 5.74) is 2.61. The summed E-state index contributed by atoms with van der Waals surface area (Å²) in [5, 5.41) is 4.32. The minimum atomic E-state index is 0.474. The van der Waals surface area contributed by atoms with Gasteiger partial charge in [-0.1, -0.05) is 25.4 Å². The maximum atomic E-state index is 6.20. The summed E-state index contributed by atoms with van der Waals surface area (Å²) in [6.07, 6.45) is 0. The molecule has 0 aliphatic carbocycles. The van der Waals surface area contributed by atoms with Gasteiger partial charge in [-0.3, -0.25) is 4.90 Å². The van der Waals surface area contributed by atoms with Crippen molar-refractivity contribution in [3.8, 4) is 0 Å². The highest BCUT2D eigenvalue weighted by molar-refractivity contribution is 6.30. The Kier molecular flexibility index (Phi) is 5.53. The summed E-state index contributed by atoms with van der Waals surface area (Å²) in [5.74, 6) is 0. The number of nitrogens with zero attached hydrogens (tertiary/aromatic N) is 2. The normalized spacial score (nSPS) is 23.9. The van der Waals surface area contributed by atoms with Crippen molar-refractivity contribution in [3.05, 3.63) is 28.8 Å². The van der Waals surface area contributed by atoms with Crippen LogP contribution in [0.25, 0.3) is 0 Å². The van der Waals surface area contributed by atoms with E-state index >= 15 is 0 Å². The van der Waals surface area contributed by atoms with E-state index in [1.165, 1.54) is 11.3 Å². The first-order chi connectivity index (χ1) is 9.88. The summed E-state index contributed by atoms with van der Waals surface area (Å²) >= 11 is 6.20. The highest BCUT2D eigenvalue weighted by Crippen LogP contribution is 2.28. The Morgan fingerprint density at radius 3 is 2.43 bits per heavy atom. The molecule has 1 N–H and O–H groups in total. The summed E-state index contributed by atoms with van der Waals surface area (Å²) in [4.78, 5) is 4.96. The van der Waals surface area contributed by atoms with Gasteiger partial charge in [-0.25, -0.2) is 0 Å². The van der Waals surface area contributed by atoms with Crippen LogP contribution in [0.3, 0.4) is 0 Å². The Morgan fingerprint density at radius 1 is 1.24 bits per heavy atom. The van der Waals surface area contributed by atoms with Crippen molar-refractivity contribution in [2.45, 2.75) is 52.4 Å². The molecule has 1 heterocycles. The van der Waals surface area contributed by atoms with Gasteiger partial charge in [0.2, 0.25) is 0 Å². The number of nitrogens with one attached hydrogen (secondary N) is 1. The lowest BCUT2D eigenvalue weighted by molar-refractivity contribution is 0.170. The molecule has 2 unspecified atom stereocenters. The summed E-state index contributed by atoms with van der Waals surface area (Å²) in [6.45, 7) is 11.9. The van der Waals surface area contributed by atoms with Gasteiger partial charge in [0.25, 0.3) is 0 Å². The molecule has 2 atom stereocenters. The zero-order valence-electron chi connectivity index (χ0n) is 13.9. The molecule has 118 valence electrons. The number of likely N-dealkylation sites (N-methyl/N-ethyl adjacent to an activating group) is 1. The standard InChI is InChI=1S/C17H28ClN3/c1-12(2)19-9-15-8-16(18)6-7-17(15)21-10-13(3)20(5)14(4)11-21/h6-8,12-14,19H,9-11H2,1-5H3. The molecule has 1 aliphatic rings. The maximum absolute atomic E-state index is 6.20. The monoisotopic (exact) mass is 309 g/mol. The molecule has 1 saturated heterocycles. The first-order valence-corrected chi connectivity index (χ1v) is 8.25. The van der Waals surface area contributed by atoms with Crippen LogP contribution in [0.5, 0.6) is 0 Å². The van der Waals surface area contributed by atoms with Gasteiger partial charge in [0.1, 0.15) is 0 Å². The van der Waals surface area contributed by atoms with E-state index < -0.39 is 0 Å². The molecule has 1 aromatic rings. The molecule has 2 rings (SSSR count). The van der Waals surface area contributed by atoms with Crippen LogP contribution in [0.2, 0.25) is 5.02 Å². The van der Waals surface area contributed by atoms with Gasteiger partial charge in [-0.05, 0) is 44.7 Å². The van der Waals surface area contributed by atoms with Crippen molar-refractivity contribution in [2.24, 2.45) is 0 Å². The molecule has 1 aliphatic heterocycles. The van der Waals surface area contributed by atoms with Gasteiger partial charge in [0, 0.05) is 48.5 Å². The third kappa shape index (κ3) is 4.12. The Morgan fingerprint density at radius 2 is 1.86 bits per heavy atom. The Balaban J connectivity index is 2.22. The molecule has 1 aromatic carbocycles. The number of hydrogen-bond donors (Lipinski definition) is 1. The Labute approximate surface area is 134 Å². The van der Waals surface area contributed by atoms with E-state index in [4.69, 9.17) is 11.6 Å². The van der Waals surface area contributed by atoms with Crippen LogP contribution < -0.4 is 10.2 Å². The van der Waals surface area contributed by atoms with Crippen LogP contribution >= 0.6 is 11.6 Å². The fraction of sp³-hybridized carbons (Fsp3) is 0.647. The highest BCUT2D eigenvalue weighted by Gasteiger charge is 2.27. The maximum Gasteiger partial charge on any atom is 0.0413 e. The van der Waals surface area contributed by atoms with Crippen molar-refractivity contribution in [1.29, 1.82) is 0 Å². The van der Waals surface area contributed by atoms with E-state index in [2.05, 4.69) is 62.0 Å². The van der Waals surface area contributed by atoms with E-state index in [9.17, 15) is 0 Å². The zero-order valence-corrected chi connectivity index (χ0v) is 14.6. The quantitative estimate of drug-likeness (QED) is 0.920. The molecule has 1 fully saturated rings. The number of benzene rings is 1. The molecule has 21 heavy (non-hydrogen) atoms. The lowest BCUT2D eigenvalue weighted by Crippen LogP contribution is -2.55. The molecule has 0 radical (unpaired) electrons. The molecule has 0 aromatic heterocycles. The zero-order chi connectivity index (χ0) is 15.6. The predicted octanol–water partition coefficient (Wildman–Crippen LogP) is 3.37. The van der Waals surface area contributed by atoms with E-state index in [-0.39, 0.29) is 0 Å². The van der Waals surface area contributed by atoms with Crippen molar-refractivity contribution in [2.75, 3.05) is 25.0 Å². The molecular formula is C17H28ClN3. The smallest absolute Gasteiger partial charge is 0.0413 e. The lowest BCUT2D eigenvalue weighted by Gasteiger charge is -2.44. The number of hydrogen-bond acceptors (Lipinski definition) is 3. The van der Waals surface area contributed by atoms with Crippen LogP contribution in [0.15, 0.2) is 18.2 Å². The van der Waals surface area contributed by atoms with Crippen LogP contribution in [0.1, 0.15) is 33.3 Å². The van der Waals surface area contributed by atoms with Crippen molar-refractivity contribution < 1.29 is 0 Å². The minimum absolute atomic E-state index is 0.474. The highest BCUT2D eigenvalue weighted by atomic mass is 35.5. The summed E-state index contributed by atoms with van der Waals surface area (Å²) in [6, 6.07) is 7.88. The summed E-state index contributed by atoms with van der Waals surface area (Å²) in [7, 11) is 2.22. The van der Waals surface area contributed by atoms with Gasteiger partial charge in [0.05, 0.1) is 0 Å². The first-order valence-electron chi connectivity index (χ1n) is 7.87. The largest absolute Gasteiger partial charge is 0.368 e. The topological polar surface area (TPSA) is 18.5 Å². The average molecular weight is 310 g/mol. The van der Waals surface area contributed by atoms with Gasteiger partial charge >= 0.3 is 0 Å². The van der Waals surface area contributed by atoms with Gasteiger partial charge < -0.3 is 10.2 Å². The molecule has 0 saturated carbocycles. The SMILES string of the molecule is CC(C)NCc1cc(Cl)ccc1N1CC(C)N(C)C(C)C1. The van der Waals surface area contributed by atoms with E-state index in [1.54, 1.807) is 0 Å². The third-order valence-electron chi connectivity index (χ3n) is 4.44. The number of anilines is 1. The molecule has 3 nitrogen and oxygen atoms in total. The minimum Gasteiger partial charge on any atom is -0.368 e. The predicted molar refractivity (Wildman–Crippen MR) is 92.3 cm³/mol. The van der Waals surface area contributed by atoms with Gasteiger partial charge in [-0.2, -0.15) is 0 Å². The summed E-state index contributed by atoms with van der Waals surface area (Å²) < 4.78 is 0. The number of piperazine rings is 1. The van der Waals surface area contributed by atoms with E-state index in [1.807, 2.05) is 6.07 Å². The van der Waals surface area contributed by atoms with Crippen LogP contribution in [-0.2, 0) is 6.54 Å². The van der Waals surface area contributed by atoms with Gasteiger partial charge in [-0.15, -0.1) is 0 Å². The molecule has 4 heteroatoms. The second kappa shape index (κ2) is 6.99. The first kappa shape index (κ1) is 16.6. The van der Waals surface area contributed by atoms with Crippen molar-refractivity contribution >= 4 is 17.3 Å². The number of rotatable bonds is 4. The van der Waals surface area contributed by atoms with Crippen LogP contribution in [0, 0.1) is 0 Å². The number of halogens is 1. The molecule has 0 spiro atoms. The van der Waals surface area contributed by atoms with E-state index in [0.29, 0.717) is 18.1 Å². The Bertz CT molecular complexity index is 463. The van der Waals surface area contributed by atoms with E-state index in [0.717, 1.165) is 24.7 Å². The van der Waals surface area contributed by atoms with Crippen molar-refractivity contribution in [1.82, 2.24) is 10.2 Å². The fourth-order valence-corrected chi connectivity index (χ4v) is 3.11. The average Bonchev–Trinajstić information content (AvgIpc) is 2.42. The van der Waals surface area contributed by atoms with Crippen LogP contribution in [-0.4, -0.2) is 43.2 Å². The lowest BCUT2D eigenvalue weighted by atomic mass is 10.1. The second-order valence-electron chi connectivity index (χ2n) is 6.58. The fourth-order valence-electron chi connectivity index (χ4n) is 2.92.